The Bertz CT molecular complexity index is 597. The summed E-state index contributed by atoms with van der Waals surface area (Å²) in [6.45, 7) is 0. The van der Waals surface area contributed by atoms with Crippen LogP contribution >= 0.6 is 0 Å². The summed E-state index contributed by atoms with van der Waals surface area (Å²) in [5, 5.41) is 0. The number of hydrogen-bond donors (Lipinski definition) is 2. The molecule has 0 saturated carbocycles. The molecule has 0 aromatic heterocycles. The molecule has 1 amide bonds. The number of hydrogen-bond acceptors (Lipinski definition) is 3. The fraction of sp³-hybridized carbons (Fsp3) is 0.375. The fourth-order valence-electron chi connectivity index (χ4n) is 2.42. The fourth-order valence-corrected chi connectivity index (χ4v) is 2.42. The first-order valence-corrected chi connectivity index (χ1v) is 7.28. The van der Waals surface area contributed by atoms with Crippen LogP contribution < -0.4 is 10.9 Å². The summed E-state index contributed by atoms with van der Waals surface area (Å²) in [5.74, 6) is -3.39. The van der Waals surface area contributed by atoms with Crippen molar-refractivity contribution in [2.75, 3.05) is 0 Å². The van der Waals surface area contributed by atoms with E-state index in [0.717, 1.165) is 5.56 Å². The lowest BCUT2D eigenvalue weighted by Crippen LogP contribution is -2.41. The maximum absolute atomic E-state index is 12.5. The zero-order chi connectivity index (χ0) is 16.9. The predicted octanol–water partition coefficient (Wildman–Crippen LogP) is 2.67. The number of carbonyl (C=O) groups excluding carboxylic acids is 2. The highest BCUT2D eigenvalue weighted by Crippen LogP contribution is 2.31. The van der Waals surface area contributed by atoms with Crippen LogP contribution in [0.4, 0.5) is 13.2 Å². The van der Waals surface area contributed by atoms with E-state index >= 15 is 0 Å². The van der Waals surface area contributed by atoms with E-state index in [-0.39, 0.29) is 24.4 Å². The maximum Gasteiger partial charge on any atom is 0.450 e. The number of carbonyl (C=O) groups is 2. The van der Waals surface area contributed by atoms with Gasteiger partial charge in [0.15, 0.2) is 0 Å². The summed E-state index contributed by atoms with van der Waals surface area (Å²) in [4.78, 5) is 23.1. The van der Waals surface area contributed by atoms with Gasteiger partial charge in [-0.05, 0) is 24.8 Å². The van der Waals surface area contributed by atoms with E-state index in [1.165, 1.54) is 6.08 Å². The molecular weight excluding hydrogens is 309 g/mol. The number of allylic oxidation sites excluding steroid dienone is 2. The van der Waals surface area contributed by atoms with Crippen LogP contribution in [0.25, 0.3) is 0 Å². The van der Waals surface area contributed by atoms with Gasteiger partial charge in [0.2, 0.25) is 11.7 Å². The van der Waals surface area contributed by atoms with Crippen molar-refractivity contribution in [1.29, 1.82) is 0 Å². The molecule has 0 unspecified atom stereocenters. The molecule has 124 valence electrons. The Kier molecular flexibility index (Phi) is 5.41. The zero-order valence-electron chi connectivity index (χ0n) is 12.3. The highest BCUT2D eigenvalue weighted by molar-refractivity contribution is 5.89. The molecule has 1 aromatic rings. The molecule has 0 radical (unpaired) electrons. The number of halogens is 3. The third-order valence-electron chi connectivity index (χ3n) is 3.62. The minimum absolute atomic E-state index is 0.0978. The van der Waals surface area contributed by atoms with Crippen LogP contribution in [-0.4, -0.2) is 17.9 Å². The Morgan fingerprint density at radius 2 is 1.87 bits per heavy atom. The Morgan fingerprint density at radius 1 is 1.17 bits per heavy atom. The number of ketones is 1. The van der Waals surface area contributed by atoms with Crippen LogP contribution in [-0.2, 0) is 16.0 Å². The number of amides is 1. The van der Waals surface area contributed by atoms with Crippen LogP contribution in [0.15, 0.2) is 42.1 Å². The van der Waals surface area contributed by atoms with Crippen LogP contribution in [0.2, 0.25) is 0 Å². The summed E-state index contributed by atoms with van der Waals surface area (Å²) in [7, 11) is 0. The molecule has 0 heterocycles. The molecule has 0 bridgehead atoms. The third kappa shape index (κ3) is 4.84. The number of rotatable bonds is 6. The SMILES string of the molecule is O=C(CCc1ccccc1)NNC1=CCC[C@H]1C(=O)C(F)(F)F. The van der Waals surface area contributed by atoms with Crippen LogP contribution in [0.1, 0.15) is 24.8 Å². The molecule has 2 rings (SSSR count). The molecule has 1 atom stereocenters. The van der Waals surface area contributed by atoms with E-state index in [0.29, 0.717) is 12.8 Å². The minimum atomic E-state index is -4.87. The summed E-state index contributed by atoms with van der Waals surface area (Å²) in [5.41, 5.74) is 5.92. The van der Waals surface area contributed by atoms with Crippen molar-refractivity contribution in [2.24, 2.45) is 5.92 Å². The lowest BCUT2D eigenvalue weighted by Gasteiger charge is -2.17. The number of nitrogens with one attached hydrogen (secondary N) is 2. The Balaban J connectivity index is 1.80. The van der Waals surface area contributed by atoms with Gasteiger partial charge in [0.1, 0.15) is 0 Å². The van der Waals surface area contributed by atoms with Crippen molar-refractivity contribution >= 4 is 11.7 Å². The molecule has 1 aromatic carbocycles. The number of Topliss-reactive ketones (excluding diaryl/α,β-unsaturated/α-hetero) is 1. The maximum atomic E-state index is 12.5. The van der Waals surface area contributed by atoms with E-state index in [4.69, 9.17) is 0 Å². The van der Waals surface area contributed by atoms with Crippen molar-refractivity contribution in [3.05, 3.63) is 47.7 Å². The van der Waals surface area contributed by atoms with E-state index in [1.807, 2.05) is 30.3 Å². The van der Waals surface area contributed by atoms with E-state index in [1.54, 1.807) is 0 Å². The molecule has 0 fully saturated rings. The van der Waals surface area contributed by atoms with Gasteiger partial charge in [0.25, 0.3) is 0 Å². The largest absolute Gasteiger partial charge is 0.450 e. The zero-order valence-corrected chi connectivity index (χ0v) is 12.3. The lowest BCUT2D eigenvalue weighted by molar-refractivity contribution is -0.174. The van der Waals surface area contributed by atoms with Crippen LogP contribution in [0.5, 0.6) is 0 Å². The van der Waals surface area contributed by atoms with Gasteiger partial charge in [-0.25, -0.2) is 0 Å². The van der Waals surface area contributed by atoms with Gasteiger partial charge in [0.05, 0.1) is 5.92 Å². The standard InChI is InChI=1S/C16H17F3N2O2/c17-16(18,19)15(23)12-7-4-8-13(12)20-21-14(22)10-9-11-5-2-1-3-6-11/h1-3,5-6,8,12,20H,4,7,9-10H2,(H,21,22)/t12-/m1/s1. The molecule has 1 aliphatic rings. The van der Waals surface area contributed by atoms with Crippen molar-refractivity contribution < 1.29 is 22.8 Å². The van der Waals surface area contributed by atoms with Gasteiger partial charge in [-0.1, -0.05) is 36.4 Å². The first kappa shape index (κ1) is 17.1. The van der Waals surface area contributed by atoms with Crippen LogP contribution in [0.3, 0.4) is 0 Å². The number of benzene rings is 1. The molecule has 2 N–H and O–H groups in total. The third-order valence-corrected chi connectivity index (χ3v) is 3.62. The molecule has 0 saturated heterocycles. The predicted molar refractivity (Wildman–Crippen MR) is 77.9 cm³/mol. The number of alkyl halides is 3. The van der Waals surface area contributed by atoms with Crippen molar-refractivity contribution in [1.82, 2.24) is 10.9 Å². The monoisotopic (exact) mass is 326 g/mol. The summed E-state index contributed by atoms with van der Waals surface area (Å²) < 4.78 is 37.5. The van der Waals surface area contributed by atoms with Crippen LogP contribution in [0, 0.1) is 5.92 Å². The molecule has 23 heavy (non-hydrogen) atoms. The Morgan fingerprint density at radius 3 is 2.52 bits per heavy atom. The molecule has 0 aliphatic heterocycles. The second-order valence-corrected chi connectivity index (χ2v) is 5.31. The second kappa shape index (κ2) is 7.30. The molecular formula is C16H17F3N2O2. The highest BCUT2D eigenvalue weighted by Gasteiger charge is 2.45. The van der Waals surface area contributed by atoms with Crippen molar-refractivity contribution in [3.63, 3.8) is 0 Å². The van der Waals surface area contributed by atoms with E-state index in [2.05, 4.69) is 10.9 Å². The van der Waals surface area contributed by atoms with Gasteiger partial charge in [-0.3, -0.25) is 15.0 Å². The smallest absolute Gasteiger partial charge is 0.302 e. The second-order valence-electron chi connectivity index (χ2n) is 5.31. The first-order chi connectivity index (χ1) is 10.9. The average Bonchev–Trinajstić information content (AvgIpc) is 2.98. The van der Waals surface area contributed by atoms with Gasteiger partial charge in [0, 0.05) is 12.1 Å². The summed E-state index contributed by atoms with van der Waals surface area (Å²) >= 11 is 0. The first-order valence-electron chi connectivity index (χ1n) is 7.28. The number of aryl methyl sites for hydroxylation is 1. The van der Waals surface area contributed by atoms with Crippen molar-refractivity contribution in [2.45, 2.75) is 31.9 Å². The molecule has 4 nitrogen and oxygen atoms in total. The van der Waals surface area contributed by atoms with Gasteiger partial charge in [-0.2, -0.15) is 13.2 Å². The summed E-state index contributed by atoms with van der Waals surface area (Å²) in [6, 6.07) is 9.37. The lowest BCUT2D eigenvalue weighted by atomic mass is 10.0. The molecule has 1 aliphatic carbocycles. The molecule has 7 heteroatoms. The van der Waals surface area contributed by atoms with E-state index in [9.17, 15) is 22.8 Å². The highest BCUT2D eigenvalue weighted by atomic mass is 19.4. The Hall–Kier alpha value is -2.31. The number of hydrazine groups is 1. The minimum Gasteiger partial charge on any atom is -0.302 e. The molecule has 0 spiro atoms. The van der Waals surface area contributed by atoms with E-state index < -0.39 is 17.9 Å². The van der Waals surface area contributed by atoms with Gasteiger partial charge >= 0.3 is 6.18 Å². The quantitative estimate of drug-likeness (QED) is 0.790. The normalized spacial score (nSPS) is 17.5. The van der Waals surface area contributed by atoms with Gasteiger partial charge in [-0.15, -0.1) is 0 Å². The average molecular weight is 326 g/mol. The Labute approximate surface area is 131 Å². The topological polar surface area (TPSA) is 58.2 Å². The summed E-state index contributed by atoms with van der Waals surface area (Å²) in [6.07, 6.45) is -2.17. The van der Waals surface area contributed by atoms with Gasteiger partial charge < -0.3 is 5.43 Å². The van der Waals surface area contributed by atoms with Crippen molar-refractivity contribution in [3.8, 4) is 0 Å².